The summed E-state index contributed by atoms with van der Waals surface area (Å²) in [5.74, 6) is 1.08. The van der Waals surface area contributed by atoms with Crippen molar-refractivity contribution < 1.29 is 19.1 Å². The largest absolute Gasteiger partial charge is 0.495 e. The lowest BCUT2D eigenvalue weighted by Gasteiger charge is -2.13. The molecule has 7 nitrogen and oxygen atoms in total. The van der Waals surface area contributed by atoms with Crippen LogP contribution >= 0.6 is 0 Å². The van der Waals surface area contributed by atoms with Crippen LogP contribution in [0.25, 0.3) is 0 Å². The van der Waals surface area contributed by atoms with Crippen molar-refractivity contribution in [2.45, 2.75) is 84.5 Å². The second-order valence-electron chi connectivity index (χ2n) is 9.30. The number of anilines is 2. The highest BCUT2D eigenvalue weighted by atomic mass is 16.5. The fraction of sp³-hybridized carbons (Fsp3) is 0.533. The van der Waals surface area contributed by atoms with Gasteiger partial charge in [-0.1, -0.05) is 71.6 Å². The number of nitrogens with one attached hydrogen (secondary N) is 3. The number of rotatable bonds is 18. The number of carbonyl (C=O) groups excluding carboxylic acids is 2. The van der Waals surface area contributed by atoms with Crippen LogP contribution in [0.4, 0.5) is 16.2 Å². The standard InChI is InChI=1S/C30H45N3O4/c1-4-6-8-9-10-11-12-13-14-22-37-26-18-16-25(17-19-26)32-30(35)33-27-23-24(15-20-28(27)36-3)29(34)31-21-7-5-2/h15-20,23H,4-14,21-22H2,1-3H3,(H,31,34)(H2,32,33,35). The van der Waals surface area contributed by atoms with E-state index in [1.807, 2.05) is 12.1 Å². The highest BCUT2D eigenvalue weighted by Gasteiger charge is 2.12. The molecule has 37 heavy (non-hydrogen) atoms. The first-order chi connectivity index (χ1) is 18.1. The summed E-state index contributed by atoms with van der Waals surface area (Å²) in [6.45, 7) is 5.63. The van der Waals surface area contributed by atoms with E-state index in [0.717, 1.165) is 25.0 Å². The minimum Gasteiger partial charge on any atom is -0.495 e. The molecule has 0 fully saturated rings. The number of unbranched alkanes of at least 4 members (excludes halogenated alkanes) is 9. The highest BCUT2D eigenvalue weighted by molar-refractivity contribution is 6.02. The van der Waals surface area contributed by atoms with Crippen molar-refractivity contribution in [1.82, 2.24) is 5.32 Å². The van der Waals surface area contributed by atoms with Crippen molar-refractivity contribution in [2.24, 2.45) is 0 Å². The van der Waals surface area contributed by atoms with Crippen LogP contribution < -0.4 is 25.4 Å². The van der Waals surface area contributed by atoms with Gasteiger partial charge in [-0.05, 0) is 55.3 Å². The van der Waals surface area contributed by atoms with E-state index in [4.69, 9.17) is 9.47 Å². The third-order valence-electron chi connectivity index (χ3n) is 6.15. The number of ether oxygens (including phenoxy) is 2. The Balaban J connectivity index is 1.75. The number of carbonyl (C=O) groups is 2. The van der Waals surface area contributed by atoms with Crippen LogP contribution in [0.15, 0.2) is 42.5 Å². The molecular formula is C30H45N3O4. The lowest BCUT2D eigenvalue weighted by molar-refractivity contribution is 0.0953. The first-order valence-corrected chi connectivity index (χ1v) is 13.8. The van der Waals surface area contributed by atoms with Gasteiger partial charge in [-0.25, -0.2) is 4.79 Å². The number of amides is 3. The van der Waals surface area contributed by atoms with Crippen molar-refractivity contribution in [1.29, 1.82) is 0 Å². The van der Waals surface area contributed by atoms with Crippen LogP contribution in [-0.2, 0) is 0 Å². The molecule has 2 aromatic carbocycles. The maximum atomic E-state index is 12.6. The maximum Gasteiger partial charge on any atom is 0.323 e. The van der Waals surface area contributed by atoms with E-state index in [1.54, 1.807) is 30.3 Å². The van der Waals surface area contributed by atoms with Gasteiger partial charge in [0.05, 0.1) is 19.4 Å². The van der Waals surface area contributed by atoms with E-state index in [-0.39, 0.29) is 5.91 Å². The van der Waals surface area contributed by atoms with Crippen molar-refractivity contribution in [3.63, 3.8) is 0 Å². The minimum absolute atomic E-state index is 0.183. The van der Waals surface area contributed by atoms with Gasteiger partial charge < -0.3 is 25.4 Å². The molecule has 0 spiro atoms. The molecule has 7 heteroatoms. The summed E-state index contributed by atoms with van der Waals surface area (Å²) < 4.78 is 11.2. The molecule has 3 amide bonds. The number of hydrogen-bond donors (Lipinski definition) is 3. The van der Waals surface area contributed by atoms with E-state index in [1.165, 1.54) is 58.5 Å². The van der Waals surface area contributed by atoms with Crippen LogP contribution in [0.3, 0.4) is 0 Å². The highest BCUT2D eigenvalue weighted by Crippen LogP contribution is 2.26. The predicted octanol–water partition coefficient (Wildman–Crippen LogP) is 7.78. The Kier molecular flexibility index (Phi) is 14.7. The lowest BCUT2D eigenvalue weighted by atomic mass is 10.1. The van der Waals surface area contributed by atoms with E-state index in [0.29, 0.717) is 35.8 Å². The molecule has 0 saturated carbocycles. The summed E-state index contributed by atoms with van der Waals surface area (Å²) in [7, 11) is 1.52. The number of hydrogen-bond acceptors (Lipinski definition) is 4. The minimum atomic E-state index is -0.426. The van der Waals surface area contributed by atoms with Gasteiger partial charge in [-0.2, -0.15) is 0 Å². The molecule has 0 aliphatic rings. The topological polar surface area (TPSA) is 88.7 Å². The van der Waals surface area contributed by atoms with E-state index in [2.05, 4.69) is 29.8 Å². The molecule has 204 valence electrons. The molecule has 0 heterocycles. The molecule has 2 rings (SSSR count). The first kappa shape index (κ1) is 30.0. The summed E-state index contributed by atoms with van der Waals surface area (Å²) in [5, 5.41) is 8.46. The van der Waals surface area contributed by atoms with Gasteiger partial charge in [0.1, 0.15) is 11.5 Å². The molecule has 0 bridgehead atoms. The zero-order valence-electron chi connectivity index (χ0n) is 22.9. The molecule has 0 aliphatic carbocycles. The number of benzene rings is 2. The smallest absolute Gasteiger partial charge is 0.323 e. The zero-order valence-corrected chi connectivity index (χ0v) is 22.9. The lowest BCUT2D eigenvalue weighted by Crippen LogP contribution is -2.25. The Morgan fingerprint density at radius 2 is 1.41 bits per heavy atom. The van der Waals surface area contributed by atoms with Crippen molar-refractivity contribution >= 4 is 23.3 Å². The van der Waals surface area contributed by atoms with Gasteiger partial charge in [0.2, 0.25) is 0 Å². The van der Waals surface area contributed by atoms with E-state index >= 15 is 0 Å². The third-order valence-corrected chi connectivity index (χ3v) is 6.15. The van der Waals surface area contributed by atoms with Crippen molar-refractivity contribution in [3.8, 4) is 11.5 Å². The van der Waals surface area contributed by atoms with Crippen molar-refractivity contribution in [2.75, 3.05) is 30.9 Å². The van der Waals surface area contributed by atoms with Gasteiger partial charge in [-0.3, -0.25) is 4.79 Å². The Hall–Kier alpha value is -3.22. The zero-order chi connectivity index (χ0) is 26.7. The van der Waals surface area contributed by atoms with E-state index in [9.17, 15) is 9.59 Å². The SMILES string of the molecule is CCCCCCCCCCCOc1ccc(NC(=O)Nc2cc(C(=O)NCCCC)ccc2OC)cc1. The van der Waals surface area contributed by atoms with Crippen LogP contribution in [0.5, 0.6) is 11.5 Å². The van der Waals surface area contributed by atoms with Gasteiger partial charge in [0.25, 0.3) is 5.91 Å². The van der Waals surface area contributed by atoms with Gasteiger partial charge >= 0.3 is 6.03 Å². The number of urea groups is 1. The average Bonchev–Trinajstić information content (AvgIpc) is 2.90. The molecule has 0 unspecified atom stereocenters. The van der Waals surface area contributed by atoms with Crippen molar-refractivity contribution in [3.05, 3.63) is 48.0 Å². The number of methoxy groups -OCH3 is 1. The molecule has 3 N–H and O–H groups in total. The molecule has 0 radical (unpaired) electrons. The summed E-state index contributed by atoms with van der Waals surface area (Å²) in [6, 6.07) is 11.9. The maximum absolute atomic E-state index is 12.6. The molecule has 0 atom stereocenters. The Bertz CT molecular complexity index is 931. The van der Waals surface area contributed by atoms with Crippen LogP contribution in [0.2, 0.25) is 0 Å². The third kappa shape index (κ3) is 12.0. The van der Waals surface area contributed by atoms with Gasteiger partial charge in [0, 0.05) is 17.8 Å². The molecular weight excluding hydrogens is 466 g/mol. The normalized spacial score (nSPS) is 10.6. The van der Waals surface area contributed by atoms with E-state index < -0.39 is 6.03 Å². The Labute approximate surface area is 222 Å². The van der Waals surface area contributed by atoms with Crippen LogP contribution in [-0.4, -0.2) is 32.2 Å². The predicted molar refractivity (Wildman–Crippen MR) is 152 cm³/mol. The van der Waals surface area contributed by atoms with Gasteiger partial charge in [0.15, 0.2) is 0 Å². The fourth-order valence-corrected chi connectivity index (χ4v) is 3.95. The fourth-order valence-electron chi connectivity index (χ4n) is 3.95. The summed E-state index contributed by atoms with van der Waals surface area (Å²) in [6.07, 6.45) is 13.5. The second-order valence-corrected chi connectivity index (χ2v) is 9.30. The first-order valence-electron chi connectivity index (χ1n) is 13.8. The van der Waals surface area contributed by atoms with Crippen LogP contribution in [0, 0.1) is 0 Å². The molecule has 0 aliphatic heterocycles. The molecule has 0 saturated heterocycles. The average molecular weight is 512 g/mol. The summed E-state index contributed by atoms with van der Waals surface area (Å²) in [5.41, 5.74) is 1.52. The summed E-state index contributed by atoms with van der Waals surface area (Å²) in [4.78, 5) is 25.0. The molecule has 2 aromatic rings. The van der Waals surface area contributed by atoms with Crippen LogP contribution in [0.1, 0.15) is 94.8 Å². The summed E-state index contributed by atoms with van der Waals surface area (Å²) >= 11 is 0. The Morgan fingerprint density at radius 1 is 0.757 bits per heavy atom. The quantitative estimate of drug-likeness (QED) is 0.178. The second kappa shape index (κ2) is 18.1. The van der Waals surface area contributed by atoms with Gasteiger partial charge in [-0.15, -0.1) is 0 Å². The monoisotopic (exact) mass is 511 g/mol. The molecule has 0 aromatic heterocycles. The Morgan fingerprint density at radius 3 is 2.05 bits per heavy atom.